The van der Waals surface area contributed by atoms with Crippen molar-refractivity contribution in [3.8, 4) is 33.4 Å². The molecule has 0 saturated heterocycles. The maximum absolute atomic E-state index is 12.2. The lowest BCUT2D eigenvalue weighted by Crippen LogP contribution is -2.19. The highest BCUT2D eigenvalue weighted by atomic mass is 16.5. The Hall–Kier alpha value is -4.26. The topological polar surface area (TPSA) is 98.7 Å². The Morgan fingerprint density at radius 3 is 1.22 bits per heavy atom. The van der Waals surface area contributed by atoms with E-state index in [4.69, 9.17) is 10.4 Å². The summed E-state index contributed by atoms with van der Waals surface area (Å²) in [6, 6.07) is 29.4. The summed E-state index contributed by atoms with van der Waals surface area (Å²) in [6.45, 7) is 0. The van der Waals surface area contributed by atoms with Crippen molar-refractivity contribution in [1.82, 2.24) is 11.0 Å². The number of hydroxylamine groups is 2. The van der Waals surface area contributed by atoms with E-state index < -0.39 is 11.8 Å². The van der Waals surface area contributed by atoms with Gasteiger partial charge in [0.2, 0.25) is 0 Å². The molecule has 158 valence electrons. The summed E-state index contributed by atoms with van der Waals surface area (Å²) in [5, 5.41) is 18.3. The summed E-state index contributed by atoms with van der Waals surface area (Å²) < 4.78 is 0. The normalized spacial score (nSPS) is 10.4. The quantitative estimate of drug-likeness (QED) is 0.270. The molecule has 0 aromatic heterocycles. The van der Waals surface area contributed by atoms with E-state index in [1.165, 1.54) is 0 Å². The van der Waals surface area contributed by atoms with Gasteiger partial charge in [-0.3, -0.25) is 20.0 Å². The molecule has 0 radical (unpaired) electrons. The highest BCUT2D eigenvalue weighted by Crippen LogP contribution is 2.33. The van der Waals surface area contributed by atoms with Crippen molar-refractivity contribution in [2.45, 2.75) is 0 Å². The molecule has 0 aliphatic carbocycles. The first-order chi connectivity index (χ1) is 15.6. The van der Waals surface area contributed by atoms with Crippen molar-refractivity contribution in [2.75, 3.05) is 0 Å². The number of benzene rings is 4. The first-order valence-electron chi connectivity index (χ1n) is 9.90. The highest BCUT2D eigenvalue weighted by Gasteiger charge is 2.16. The van der Waals surface area contributed by atoms with Gasteiger partial charge in [0.05, 0.1) is 0 Å². The molecular formula is C26H20N2O4. The summed E-state index contributed by atoms with van der Waals surface area (Å²) in [5.41, 5.74) is 8.70. The zero-order chi connectivity index (χ0) is 22.5. The molecule has 0 aliphatic heterocycles. The first kappa shape index (κ1) is 21.0. The smallest absolute Gasteiger partial charge is 0.275 e. The van der Waals surface area contributed by atoms with Gasteiger partial charge in [-0.05, 0) is 57.6 Å². The van der Waals surface area contributed by atoms with Gasteiger partial charge in [-0.25, -0.2) is 11.0 Å². The van der Waals surface area contributed by atoms with Crippen LogP contribution < -0.4 is 11.0 Å². The summed E-state index contributed by atoms with van der Waals surface area (Å²) in [5.74, 6) is -1.20. The van der Waals surface area contributed by atoms with Crippen molar-refractivity contribution >= 4 is 11.8 Å². The Kier molecular flexibility index (Phi) is 6.07. The molecule has 6 nitrogen and oxygen atoms in total. The van der Waals surface area contributed by atoms with Crippen LogP contribution in [0.15, 0.2) is 97.1 Å². The molecule has 4 aromatic carbocycles. The van der Waals surface area contributed by atoms with Crippen LogP contribution in [0, 0.1) is 0 Å². The molecule has 0 bridgehead atoms. The van der Waals surface area contributed by atoms with Gasteiger partial charge in [0.25, 0.3) is 11.8 Å². The fourth-order valence-electron chi connectivity index (χ4n) is 3.68. The average molecular weight is 424 g/mol. The third-order valence-corrected chi connectivity index (χ3v) is 5.23. The summed E-state index contributed by atoms with van der Waals surface area (Å²) in [7, 11) is 0. The van der Waals surface area contributed by atoms with E-state index in [2.05, 4.69) is 0 Å². The Morgan fingerprint density at radius 1 is 0.500 bits per heavy atom. The number of rotatable bonds is 5. The Morgan fingerprint density at radius 2 is 0.875 bits per heavy atom. The third-order valence-electron chi connectivity index (χ3n) is 5.23. The fourth-order valence-corrected chi connectivity index (χ4v) is 3.68. The molecule has 6 heteroatoms. The molecular weight excluding hydrogens is 404 g/mol. The summed E-state index contributed by atoms with van der Waals surface area (Å²) in [4.78, 5) is 24.4. The molecule has 0 spiro atoms. The molecule has 0 heterocycles. The van der Waals surface area contributed by atoms with Gasteiger partial charge in [-0.2, -0.15) is 0 Å². The van der Waals surface area contributed by atoms with E-state index in [0.29, 0.717) is 22.3 Å². The van der Waals surface area contributed by atoms with Crippen molar-refractivity contribution < 1.29 is 20.0 Å². The first-order valence-corrected chi connectivity index (χ1v) is 9.90. The minimum absolute atomic E-state index is 0.335. The molecule has 0 atom stereocenters. The van der Waals surface area contributed by atoms with Crippen LogP contribution in [0.2, 0.25) is 0 Å². The van der Waals surface area contributed by atoms with E-state index in [0.717, 1.165) is 22.3 Å². The Labute approximate surface area is 184 Å². The van der Waals surface area contributed by atoms with Crippen molar-refractivity contribution in [3.63, 3.8) is 0 Å². The minimum Gasteiger partial charge on any atom is -0.288 e. The lowest BCUT2D eigenvalue weighted by Gasteiger charge is -2.14. The van der Waals surface area contributed by atoms with Crippen LogP contribution in [-0.4, -0.2) is 22.2 Å². The number of hydrogen-bond acceptors (Lipinski definition) is 4. The van der Waals surface area contributed by atoms with Gasteiger partial charge < -0.3 is 0 Å². The van der Waals surface area contributed by atoms with E-state index in [1.54, 1.807) is 35.2 Å². The van der Waals surface area contributed by atoms with Crippen molar-refractivity contribution in [1.29, 1.82) is 0 Å². The number of hydrogen-bond donors (Lipinski definition) is 4. The van der Waals surface area contributed by atoms with E-state index in [1.807, 2.05) is 72.8 Å². The average Bonchev–Trinajstić information content (AvgIpc) is 2.88. The number of amides is 2. The van der Waals surface area contributed by atoms with Gasteiger partial charge in [-0.1, -0.05) is 72.8 Å². The largest absolute Gasteiger partial charge is 0.288 e. The van der Waals surface area contributed by atoms with E-state index >= 15 is 0 Å². The SMILES string of the molecule is O=C(NO)c1ccc(-c2ccc(C(=O)NO)c(-c3ccccc3)c2)cc1-c1ccccc1. The summed E-state index contributed by atoms with van der Waals surface area (Å²) in [6.07, 6.45) is 0. The van der Waals surface area contributed by atoms with Gasteiger partial charge >= 0.3 is 0 Å². The van der Waals surface area contributed by atoms with Gasteiger partial charge in [-0.15, -0.1) is 0 Å². The molecule has 0 saturated carbocycles. The van der Waals surface area contributed by atoms with Gasteiger partial charge in [0.15, 0.2) is 0 Å². The lowest BCUT2D eigenvalue weighted by atomic mass is 9.91. The third kappa shape index (κ3) is 4.13. The van der Waals surface area contributed by atoms with Gasteiger partial charge in [0, 0.05) is 11.1 Å². The van der Waals surface area contributed by atoms with Crippen LogP contribution in [0.25, 0.3) is 33.4 Å². The maximum atomic E-state index is 12.2. The molecule has 0 fully saturated rings. The molecule has 0 aliphatic rings. The van der Waals surface area contributed by atoms with Crippen molar-refractivity contribution in [3.05, 3.63) is 108 Å². The van der Waals surface area contributed by atoms with Crippen molar-refractivity contribution in [2.24, 2.45) is 0 Å². The Bertz CT molecular complexity index is 1170. The van der Waals surface area contributed by atoms with Crippen LogP contribution in [0.5, 0.6) is 0 Å². The predicted molar refractivity (Wildman–Crippen MR) is 121 cm³/mol. The van der Waals surface area contributed by atoms with Gasteiger partial charge in [0.1, 0.15) is 0 Å². The monoisotopic (exact) mass is 424 g/mol. The van der Waals surface area contributed by atoms with Crippen LogP contribution >= 0.6 is 0 Å². The standard InChI is InChI=1S/C26H20N2O4/c29-25(27-31)21-13-11-19(15-23(21)17-7-3-1-4-8-17)20-12-14-22(26(30)28-32)24(16-20)18-9-5-2-6-10-18/h1-16,31-32H,(H,27,29)(H,28,30). The molecule has 0 unspecified atom stereocenters. The van der Waals surface area contributed by atoms with E-state index in [-0.39, 0.29) is 0 Å². The number of nitrogens with one attached hydrogen (secondary N) is 2. The van der Waals surface area contributed by atoms with Crippen LogP contribution in [-0.2, 0) is 0 Å². The van der Waals surface area contributed by atoms with Crippen LogP contribution in [0.4, 0.5) is 0 Å². The second-order valence-electron chi connectivity index (χ2n) is 7.13. The highest BCUT2D eigenvalue weighted by molar-refractivity contribution is 6.03. The molecule has 4 aromatic rings. The number of carbonyl (C=O) groups is 2. The number of carbonyl (C=O) groups excluding carboxylic acids is 2. The second-order valence-corrected chi connectivity index (χ2v) is 7.13. The molecule has 32 heavy (non-hydrogen) atoms. The zero-order valence-electron chi connectivity index (χ0n) is 16.9. The minimum atomic E-state index is -0.602. The molecule has 2 amide bonds. The zero-order valence-corrected chi connectivity index (χ0v) is 16.9. The van der Waals surface area contributed by atoms with Crippen LogP contribution in [0.3, 0.4) is 0 Å². The lowest BCUT2D eigenvalue weighted by molar-refractivity contribution is 0.0702. The maximum Gasteiger partial charge on any atom is 0.275 e. The van der Waals surface area contributed by atoms with E-state index in [9.17, 15) is 9.59 Å². The summed E-state index contributed by atoms with van der Waals surface area (Å²) >= 11 is 0. The molecule has 4 N–H and O–H groups in total. The Balaban J connectivity index is 1.88. The predicted octanol–water partition coefficient (Wildman–Crippen LogP) is 4.93. The molecule has 4 rings (SSSR count). The van der Waals surface area contributed by atoms with Crippen LogP contribution in [0.1, 0.15) is 20.7 Å². The fraction of sp³-hybridized carbons (Fsp3) is 0. The second kappa shape index (κ2) is 9.26.